The third-order valence-electron chi connectivity index (χ3n) is 4.28. The number of rotatable bonds is 8. The number of thioether (sulfide) groups is 1. The maximum Gasteiger partial charge on any atom is 0.242 e. The van der Waals surface area contributed by atoms with E-state index in [1.165, 1.54) is 18.4 Å². The number of aryl methyl sites for hydroxylation is 2. The molecule has 0 amide bonds. The lowest BCUT2D eigenvalue weighted by atomic mass is 10.3. The van der Waals surface area contributed by atoms with Crippen LogP contribution in [0.3, 0.4) is 0 Å². The second-order valence-corrected chi connectivity index (χ2v) is 9.52. The highest BCUT2D eigenvalue weighted by Gasteiger charge is 2.20. The predicted octanol–water partition coefficient (Wildman–Crippen LogP) is 3.07. The summed E-state index contributed by atoms with van der Waals surface area (Å²) in [6.45, 7) is 4.81. The van der Waals surface area contributed by atoms with Crippen molar-refractivity contribution in [2.45, 2.75) is 49.0 Å². The Labute approximate surface area is 163 Å². The zero-order chi connectivity index (χ0) is 19.6. The molecule has 0 aliphatic heterocycles. The van der Waals surface area contributed by atoms with Gasteiger partial charge in [0.25, 0.3) is 0 Å². The molecule has 0 fully saturated rings. The molecule has 0 aliphatic carbocycles. The second kappa shape index (κ2) is 7.99. The van der Waals surface area contributed by atoms with Gasteiger partial charge < -0.3 is 4.57 Å². The Bertz CT molecular complexity index is 1040. The molecule has 0 bridgehead atoms. The predicted molar refractivity (Wildman–Crippen MR) is 104 cm³/mol. The molecule has 0 aliphatic rings. The molecule has 10 heteroatoms. The summed E-state index contributed by atoms with van der Waals surface area (Å²) in [5.41, 5.74) is 3.15. The fourth-order valence-electron chi connectivity index (χ4n) is 2.61. The van der Waals surface area contributed by atoms with Crippen molar-refractivity contribution in [3.63, 3.8) is 0 Å². The van der Waals surface area contributed by atoms with E-state index in [0.29, 0.717) is 11.3 Å². The van der Waals surface area contributed by atoms with Gasteiger partial charge in [-0.3, -0.25) is 0 Å². The summed E-state index contributed by atoms with van der Waals surface area (Å²) in [4.78, 5) is 4.94. The van der Waals surface area contributed by atoms with Gasteiger partial charge in [0.05, 0.1) is 15.9 Å². The van der Waals surface area contributed by atoms with Crippen molar-refractivity contribution >= 4 is 32.8 Å². The summed E-state index contributed by atoms with van der Waals surface area (Å²) in [6, 6.07) is 5.11. The summed E-state index contributed by atoms with van der Waals surface area (Å²) in [7, 11) is -0.450. The molecule has 27 heavy (non-hydrogen) atoms. The highest BCUT2D eigenvalue weighted by Crippen LogP contribution is 2.29. The third-order valence-corrected chi connectivity index (χ3v) is 7.08. The minimum Gasteiger partial charge on any atom is -0.319 e. The van der Waals surface area contributed by atoms with Crippen LogP contribution in [0.2, 0.25) is 0 Å². The molecule has 2 aromatic heterocycles. The normalized spacial score (nSPS) is 12.3. The first-order valence-electron chi connectivity index (χ1n) is 8.68. The van der Waals surface area contributed by atoms with E-state index in [4.69, 9.17) is 9.61 Å². The Hall–Kier alpha value is -1.91. The van der Waals surface area contributed by atoms with Gasteiger partial charge >= 0.3 is 0 Å². The Morgan fingerprint density at radius 1 is 1.26 bits per heavy atom. The number of hydrogen-bond donors (Lipinski definition) is 0. The van der Waals surface area contributed by atoms with E-state index in [2.05, 4.69) is 21.8 Å². The SMILES string of the molecule is CCCCn1c(SCc2nonc2C)nc2cc(S(=O)(=O)N(C)C)ccc21. The highest BCUT2D eigenvalue weighted by molar-refractivity contribution is 7.98. The zero-order valence-corrected chi connectivity index (χ0v) is 17.5. The maximum absolute atomic E-state index is 12.4. The molecule has 3 rings (SSSR count). The maximum atomic E-state index is 12.4. The van der Waals surface area contributed by atoms with Crippen molar-refractivity contribution in [2.75, 3.05) is 14.1 Å². The number of nitrogens with zero attached hydrogens (tertiary/aromatic N) is 5. The number of unbranched alkanes of at least 4 members (excludes halogenated alkanes) is 1. The Morgan fingerprint density at radius 3 is 2.67 bits per heavy atom. The summed E-state index contributed by atoms with van der Waals surface area (Å²) in [5.74, 6) is 0.591. The van der Waals surface area contributed by atoms with Crippen molar-refractivity contribution in [1.29, 1.82) is 0 Å². The van der Waals surface area contributed by atoms with Gasteiger partial charge in [-0.1, -0.05) is 35.4 Å². The lowest BCUT2D eigenvalue weighted by Gasteiger charge is -2.11. The molecule has 0 saturated carbocycles. The first-order chi connectivity index (χ1) is 12.8. The van der Waals surface area contributed by atoms with E-state index in [9.17, 15) is 8.42 Å². The molecule has 8 nitrogen and oxygen atoms in total. The molecule has 3 aromatic rings. The Morgan fingerprint density at radius 2 is 2.04 bits per heavy atom. The Balaban J connectivity index is 1.99. The standard InChI is InChI=1S/C17H23N5O3S2/c1-5-6-9-22-16-8-7-13(27(23,24)21(3)4)10-14(16)18-17(22)26-11-15-12(2)19-25-20-15/h7-8,10H,5-6,9,11H2,1-4H3. The molecule has 146 valence electrons. The van der Waals surface area contributed by atoms with Crippen LogP contribution in [0.1, 0.15) is 31.2 Å². The summed E-state index contributed by atoms with van der Waals surface area (Å²) in [6.07, 6.45) is 2.07. The number of benzene rings is 1. The average Bonchev–Trinajstić information content (AvgIpc) is 3.20. The third kappa shape index (κ3) is 4.02. The summed E-state index contributed by atoms with van der Waals surface area (Å²) < 4.78 is 32.9. The van der Waals surface area contributed by atoms with Crippen LogP contribution >= 0.6 is 11.8 Å². The Kier molecular flexibility index (Phi) is 5.87. The van der Waals surface area contributed by atoms with Gasteiger partial charge in [-0.05, 0) is 31.5 Å². The molecule has 2 heterocycles. The fourth-order valence-corrected chi connectivity index (χ4v) is 4.57. The minimum absolute atomic E-state index is 0.244. The van der Waals surface area contributed by atoms with Crippen LogP contribution in [-0.4, -0.2) is 46.7 Å². The monoisotopic (exact) mass is 409 g/mol. The topological polar surface area (TPSA) is 94.1 Å². The van der Waals surface area contributed by atoms with Crippen LogP contribution in [0.15, 0.2) is 32.9 Å². The number of fused-ring (bicyclic) bond motifs is 1. The molecule has 0 N–H and O–H groups in total. The molecular weight excluding hydrogens is 386 g/mol. The van der Waals surface area contributed by atoms with E-state index in [0.717, 1.165) is 41.4 Å². The highest BCUT2D eigenvalue weighted by atomic mass is 32.2. The van der Waals surface area contributed by atoms with Crippen molar-refractivity contribution < 1.29 is 13.0 Å². The summed E-state index contributed by atoms with van der Waals surface area (Å²) >= 11 is 1.54. The van der Waals surface area contributed by atoms with E-state index in [1.807, 2.05) is 13.0 Å². The van der Waals surface area contributed by atoms with E-state index >= 15 is 0 Å². The van der Waals surface area contributed by atoms with Crippen molar-refractivity contribution in [2.24, 2.45) is 0 Å². The number of imidazole rings is 1. The van der Waals surface area contributed by atoms with Crippen LogP contribution in [0.5, 0.6) is 0 Å². The number of hydrogen-bond acceptors (Lipinski definition) is 7. The molecule has 0 spiro atoms. The van der Waals surface area contributed by atoms with Gasteiger partial charge in [0.2, 0.25) is 10.0 Å². The van der Waals surface area contributed by atoms with Gasteiger partial charge in [0, 0.05) is 26.4 Å². The van der Waals surface area contributed by atoms with E-state index in [-0.39, 0.29) is 4.90 Å². The van der Waals surface area contributed by atoms with Gasteiger partial charge in [0.15, 0.2) is 5.16 Å². The lowest BCUT2D eigenvalue weighted by molar-refractivity contribution is 0.302. The first kappa shape index (κ1) is 19.8. The average molecular weight is 410 g/mol. The van der Waals surface area contributed by atoms with Gasteiger partial charge in [-0.15, -0.1) is 0 Å². The fraction of sp³-hybridized carbons (Fsp3) is 0.471. The number of aromatic nitrogens is 4. The van der Waals surface area contributed by atoms with Crippen molar-refractivity contribution in [1.82, 2.24) is 24.2 Å². The quantitative estimate of drug-likeness (QED) is 0.528. The molecule has 0 unspecified atom stereocenters. The molecule has 0 saturated heterocycles. The molecule has 1 aromatic carbocycles. The van der Waals surface area contributed by atoms with Crippen LogP contribution in [-0.2, 0) is 22.3 Å². The molecular formula is C17H23N5O3S2. The minimum atomic E-state index is -3.50. The first-order valence-corrected chi connectivity index (χ1v) is 11.1. The largest absolute Gasteiger partial charge is 0.319 e. The lowest BCUT2D eigenvalue weighted by Crippen LogP contribution is -2.22. The van der Waals surface area contributed by atoms with Crippen molar-refractivity contribution in [3.05, 3.63) is 29.6 Å². The molecule has 0 radical (unpaired) electrons. The molecule has 0 atom stereocenters. The van der Waals surface area contributed by atoms with Crippen LogP contribution in [0.4, 0.5) is 0 Å². The van der Waals surface area contributed by atoms with Gasteiger partial charge in [0.1, 0.15) is 11.4 Å². The van der Waals surface area contributed by atoms with Crippen LogP contribution in [0, 0.1) is 6.92 Å². The van der Waals surface area contributed by atoms with E-state index < -0.39 is 10.0 Å². The van der Waals surface area contributed by atoms with Crippen molar-refractivity contribution in [3.8, 4) is 0 Å². The van der Waals surface area contributed by atoms with Crippen LogP contribution in [0.25, 0.3) is 11.0 Å². The van der Waals surface area contributed by atoms with Gasteiger partial charge in [-0.2, -0.15) is 0 Å². The van der Waals surface area contributed by atoms with Crippen LogP contribution < -0.4 is 0 Å². The van der Waals surface area contributed by atoms with Gasteiger partial charge in [-0.25, -0.2) is 22.3 Å². The summed E-state index contributed by atoms with van der Waals surface area (Å²) in [5, 5.41) is 8.55. The second-order valence-electron chi connectivity index (χ2n) is 6.42. The number of sulfonamides is 1. The van der Waals surface area contributed by atoms with E-state index in [1.54, 1.807) is 23.9 Å². The zero-order valence-electron chi connectivity index (χ0n) is 15.8. The smallest absolute Gasteiger partial charge is 0.242 e.